The molecule has 0 aliphatic heterocycles. The number of rotatable bonds is 8. The van der Waals surface area contributed by atoms with Crippen LogP contribution >= 0.6 is 11.8 Å². The van der Waals surface area contributed by atoms with Gasteiger partial charge in [-0.2, -0.15) is 17.0 Å². The fourth-order valence-corrected chi connectivity index (χ4v) is 2.02. The van der Waals surface area contributed by atoms with Crippen LogP contribution < -0.4 is 0 Å². The summed E-state index contributed by atoms with van der Waals surface area (Å²) in [5.74, 6) is 0.958. The Morgan fingerprint density at radius 1 is 1.40 bits per heavy atom. The van der Waals surface area contributed by atoms with Crippen molar-refractivity contribution < 1.29 is 9.90 Å². The van der Waals surface area contributed by atoms with Crippen molar-refractivity contribution in [2.24, 2.45) is 5.41 Å². The Morgan fingerprint density at radius 3 is 2.60 bits per heavy atom. The number of nitrogens with zero attached hydrogens (tertiary/aromatic N) is 1. The van der Waals surface area contributed by atoms with Gasteiger partial charge in [0.1, 0.15) is 0 Å². The van der Waals surface area contributed by atoms with E-state index in [4.69, 9.17) is 10.4 Å². The van der Waals surface area contributed by atoms with E-state index in [0.717, 1.165) is 25.0 Å². The van der Waals surface area contributed by atoms with E-state index in [0.29, 0.717) is 5.75 Å². The van der Waals surface area contributed by atoms with Crippen LogP contribution in [0.2, 0.25) is 0 Å². The van der Waals surface area contributed by atoms with E-state index in [1.165, 1.54) is 0 Å². The first-order valence-corrected chi connectivity index (χ1v) is 6.34. The molecule has 4 heteroatoms. The molecular formula is C11H19NO2S. The molecule has 0 aromatic heterocycles. The molecule has 0 aliphatic carbocycles. The minimum absolute atomic E-state index is 0.217. The summed E-state index contributed by atoms with van der Waals surface area (Å²) in [5.41, 5.74) is -0.217. The lowest BCUT2D eigenvalue weighted by atomic mass is 9.89. The smallest absolute Gasteiger partial charge is 0.304 e. The zero-order valence-corrected chi connectivity index (χ0v) is 10.3. The number of carboxylic acid groups (broad SMARTS) is 1. The van der Waals surface area contributed by atoms with Crippen molar-refractivity contribution in [2.45, 2.75) is 39.5 Å². The summed E-state index contributed by atoms with van der Waals surface area (Å²) in [6.07, 6.45) is 3.27. The van der Waals surface area contributed by atoms with E-state index in [1.807, 2.05) is 13.8 Å². The lowest BCUT2D eigenvalue weighted by molar-refractivity contribution is -0.136. The van der Waals surface area contributed by atoms with E-state index in [9.17, 15) is 4.79 Å². The molecule has 0 heterocycles. The molecule has 0 atom stereocenters. The Kier molecular flexibility index (Phi) is 7.23. The van der Waals surface area contributed by atoms with Crippen LogP contribution in [0.25, 0.3) is 0 Å². The molecule has 0 aromatic carbocycles. The molecule has 0 bridgehead atoms. The number of hydrogen-bond donors (Lipinski definition) is 1. The summed E-state index contributed by atoms with van der Waals surface area (Å²) >= 11 is 1.68. The van der Waals surface area contributed by atoms with Gasteiger partial charge in [0.2, 0.25) is 0 Å². The van der Waals surface area contributed by atoms with E-state index in [1.54, 1.807) is 11.8 Å². The number of hydrogen-bond acceptors (Lipinski definition) is 3. The van der Waals surface area contributed by atoms with Gasteiger partial charge < -0.3 is 5.11 Å². The molecule has 0 fully saturated rings. The van der Waals surface area contributed by atoms with Crippen molar-refractivity contribution in [3.8, 4) is 6.07 Å². The third-order valence-corrected chi connectivity index (χ3v) is 3.17. The quantitative estimate of drug-likeness (QED) is 0.650. The second-order valence-electron chi connectivity index (χ2n) is 4.21. The molecule has 0 saturated heterocycles. The van der Waals surface area contributed by atoms with Crippen LogP contribution in [-0.4, -0.2) is 22.6 Å². The van der Waals surface area contributed by atoms with Gasteiger partial charge in [-0.3, -0.25) is 4.79 Å². The monoisotopic (exact) mass is 229 g/mol. The fourth-order valence-electron chi connectivity index (χ4n) is 1.09. The number of unbranched alkanes of at least 4 members (excludes halogenated alkanes) is 1. The highest BCUT2D eigenvalue weighted by Crippen LogP contribution is 2.22. The lowest BCUT2D eigenvalue weighted by Gasteiger charge is -2.13. The maximum atomic E-state index is 10.2. The van der Waals surface area contributed by atoms with E-state index in [2.05, 4.69) is 6.07 Å². The summed E-state index contributed by atoms with van der Waals surface area (Å²) < 4.78 is 0. The lowest BCUT2D eigenvalue weighted by Crippen LogP contribution is -2.07. The summed E-state index contributed by atoms with van der Waals surface area (Å²) in [6.45, 7) is 3.90. The molecule has 1 N–H and O–H groups in total. The normalized spacial score (nSPS) is 11.0. The van der Waals surface area contributed by atoms with Gasteiger partial charge in [-0.25, -0.2) is 0 Å². The Morgan fingerprint density at radius 2 is 2.07 bits per heavy atom. The summed E-state index contributed by atoms with van der Waals surface area (Å²) in [5, 5.41) is 17.2. The zero-order chi connectivity index (χ0) is 11.7. The summed E-state index contributed by atoms with van der Waals surface area (Å²) in [6, 6.07) is 2.27. The maximum absolute atomic E-state index is 10.2. The average molecular weight is 229 g/mol. The van der Waals surface area contributed by atoms with Gasteiger partial charge in [-0.15, -0.1) is 0 Å². The first-order valence-electron chi connectivity index (χ1n) is 5.19. The molecule has 86 valence electrons. The van der Waals surface area contributed by atoms with Crippen molar-refractivity contribution in [1.82, 2.24) is 0 Å². The highest BCUT2D eigenvalue weighted by Gasteiger charge is 2.15. The fraction of sp³-hybridized carbons (Fsp3) is 0.818. The number of carbonyl (C=O) groups is 1. The van der Waals surface area contributed by atoms with Gasteiger partial charge in [0, 0.05) is 5.75 Å². The van der Waals surface area contributed by atoms with Crippen molar-refractivity contribution in [3.63, 3.8) is 0 Å². The number of thioether (sulfide) groups is 1. The van der Waals surface area contributed by atoms with Gasteiger partial charge in [-0.1, -0.05) is 6.42 Å². The zero-order valence-electron chi connectivity index (χ0n) is 9.45. The second-order valence-corrected chi connectivity index (χ2v) is 5.43. The third-order valence-electron chi connectivity index (χ3n) is 2.10. The summed E-state index contributed by atoms with van der Waals surface area (Å²) in [4.78, 5) is 10.2. The van der Waals surface area contributed by atoms with Crippen LogP contribution in [0.5, 0.6) is 0 Å². The standard InChI is InChI=1S/C11H19NO2S/c1-11(2,9-12)6-3-4-7-15-8-5-10(13)14/h3-8H2,1-2H3,(H,13,14). The van der Waals surface area contributed by atoms with E-state index in [-0.39, 0.29) is 11.8 Å². The maximum Gasteiger partial charge on any atom is 0.304 e. The molecular weight excluding hydrogens is 210 g/mol. The Labute approximate surface area is 95.9 Å². The van der Waals surface area contributed by atoms with Crippen LogP contribution in [0, 0.1) is 16.7 Å². The highest BCUT2D eigenvalue weighted by molar-refractivity contribution is 7.99. The topological polar surface area (TPSA) is 61.1 Å². The second kappa shape index (κ2) is 7.58. The minimum Gasteiger partial charge on any atom is -0.481 e. The average Bonchev–Trinajstić information content (AvgIpc) is 2.16. The van der Waals surface area contributed by atoms with E-state index >= 15 is 0 Å². The highest BCUT2D eigenvalue weighted by atomic mass is 32.2. The first-order chi connectivity index (χ1) is 6.98. The minimum atomic E-state index is -0.729. The van der Waals surface area contributed by atoms with Gasteiger partial charge in [0.15, 0.2) is 0 Å². The predicted molar refractivity (Wildman–Crippen MR) is 62.8 cm³/mol. The Bertz CT molecular complexity index is 233. The Hall–Kier alpha value is -0.690. The molecule has 0 radical (unpaired) electrons. The van der Waals surface area contributed by atoms with Gasteiger partial charge >= 0.3 is 5.97 Å². The van der Waals surface area contributed by atoms with Crippen LogP contribution in [0.4, 0.5) is 0 Å². The summed E-state index contributed by atoms with van der Waals surface area (Å²) in [7, 11) is 0. The Balaban J connectivity index is 3.26. The molecule has 0 aromatic rings. The van der Waals surface area contributed by atoms with Crippen LogP contribution in [0.15, 0.2) is 0 Å². The van der Waals surface area contributed by atoms with Crippen molar-refractivity contribution in [2.75, 3.05) is 11.5 Å². The van der Waals surface area contributed by atoms with Crippen molar-refractivity contribution in [3.05, 3.63) is 0 Å². The molecule has 0 aliphatic rings. The molecule has 0 unspecified atom stereocenters. The van der Waals surface area contributed by atoms with Crippen molar-refractivity contribution >= 4 is 17.7 Å². The number of aliphatic carboxylic acids is 1. The van der Waals surface area contributed by atoms with Gasteiger partial charge in [0.05, 0.1) is 17.9 Å². The number of carboxylic acids is 1. The number of nitriles is 1. The molecule has 0 amide bonds. The van der Waals surface area contributed by atoms with Gasteiger partial charge in [0.25, 0.3) is 0 Å². The molecule has 0 rings (SSSR count). The molecule has 3 nitrogen and oxygen atoms in total. The van der Waals surface area contributed by atoms with Crippen LogP contribution in [0.1, 0.15) is 39.5 Å². The van der Waals surface area contributed by atoms with Crippen molar-refractivity contribution in [1.29, 1.82) is 5.26 Å². The molecule has 15 heavy (non-hydrogen) atoms. The molecule has 0 saturated carbocycles. The molecule has 0 spiro atoms. The third kappa shape index (κ3) is 9.61. The van der Waals surface area contributed by atoms with Crippen LogP contribution in [-0.2, 0) is 4.79 Å². The predicted octanol–water partition coefficient (Wildman–Crippen LogP) is 2.91. The largest absolute Gasteiger partial charge is 0.481 e. The SMILES string of the molecule is CC(C)(C#N)CCCCSCCC(=O)O. The van der Waals surface area contributed by atoms with Crippen LogP contribution in [0.3, 0.4) is 0 Å². The first kappa shape index (κ1) is 14.3. The van der Waals surface area contributed by atoms with Gasteiger partial charge in [-0.05, 0) is 32.4 Å². The van der Waals surface area contributed by atoms with E-state index < -0.39 is 5.97 Å².